The molecular weight excluding hydrogens is 329 g/mol. The lowest BCUT2D eigenvalue weighted by Gasteiger charge is -2.09. The SMILES string of the molecule is Cc1cccc(Oc2ccc([N+](=O)[O-])c(CBr)c2)c1F. The Morgan fingerprint density at radius 1 is 1.35 bits per heavy atom. The fraction of sp³-hybridized carbons (Fsp3) is 0.143. The molecule has 4 nitrogen and oxygen atoms in total. The number of ether oxygens (including phenoxy) is 1. The zero-order valence-corrected chi connectivity index (χ0v) is 12.2. The van der Waals surface area contributed by atoms with Gasteiger partial charge in [0.05, 0.1) is 4.92 Å². The molecule has 0 bridgehead atoms. The quantitative estimate of drug-likeness (QED) is 0.459. The Balaban J connectivity index is 2.35. The molecule has 0 aliphatic carbocycles. The van der Waals surface area contributed by atoms with E-state index < -0.39 is 10.7 Å². The zero-order chi connectivity index (χ0) is 14.7. The molecule has 0 saturated heterocycles. The molecule has 0 aliphatic rings. The highest BCUT2D eigenvalue weighted by Crippen LogP contribution is 2.30. The van der Waals surface area contributed by atoms with Crippen molar-refractivity contribution < 1.29 is 14.1 Å². The van der Waals surface area contributed by atoms with Gasteiger partial charge < -0.3 is 4.74 Å². The molecule has 0 heterocycles. The maximum absolute atomic E-state index is 13.8. The number of aryl methyl sites for hydroxylation is 1. The lowest BCUT2D eigenvalue weighted by atomic mass is 10.2. The number of benzene rings is 2. The first-order valence-corrected chi connectivity index (χ1v) is 6.91. The van der Waals surface area contributed by atoms with Crippen LogP contribution in [0.4, 0.5) is 10.1 Å². The van der Waals surface area contributed by atoms with Crippen molar-refractivity contribution in [2.45, 2.75) is 12.3 Å². The second-order valence-electron chi connectivity index (χ2n) is 4.17. The lowest BCUT2D eigenvalue weighted by Crippen LogP contribution is -1.95. The van der Waals surface area contributed by atoms with Gasteiger partial charge in [0.1, 0.15) is 5.75 Å². The molecule has 0 aromatic heterocycles. The van der Waals surface area contributed by atoms with E-state index in [4.69, 9.17) is 4.74 Å². The molecule has 20 heavy (non-hydrogen) atoms. The van der Waals surface area contributed by atoms with Crippen LogP contribution in [0.15, 0.2) is 36.4 Å². The van der Waals surface area contributed by atoms with E-state index in [-0.39, 0.29) is 11.4 Å². The summed E-state index contributed by atoms with van der Waals surface area (Å²) in [6.07, 6.45) is 0. The van der Waals surface area contributed by atoms with Crippen LogP contribution in [0.3, 0.4) is 0 Å². The van der Waals surface area contributed by atoms with Crippen molar-refractivity contribution in [3.8, 4) is 11.5 Å². The molecule has 0 amide bonds. The van der Waals surface area contributed by atoms with Gasteiger partial charge in [-0.3, -0.25) is 10.1 Å². The number of halogens is 2. The topological polar surface area (TPSA) is 52.4 Å². The van der Waals surface area contributed by atoms with E-state index in [0.717, 1.165) is 0 Å². The fourth-order valence-corrected chi connectivity index (χ4v) is 2.19. The van der Waals surface area contributed by atoms with E-state index >= 15 is 0 Å². The molecule has 0 N–H and O–H groups in total. The number of hydrogen-bond donors (Lipinski definition) is 0. The van der Waals surface area contributed by atoms with Crippen molar-refractivity contribution in [3.05, 3.63) is 63.5 Å². The molecule has 6 heteroatoms. The molecule has 0 spiro atoms. The van der Waals surface area contributed by atoms with Crippen LogP contribution >= 0.6 is 15.9 Å². The van der Waals surface area contributed by atoms with E-state index in [2.05, 4.69) is 15.9 Å². The van der Waals surface area contributed by atoms with Crippen molar-refractivity contribution in [3.63, 3.8) is 0 Å². The molecule has 0 fully saturated rings. The highest BCUT2D eigenvalue weighted by Gasteiger charge is 2.14. The van der Waals surface area contributed by atoms with Gasteiger partial charge in [0, 0.05) is 17.0 Å². The standard InChI is InChI=1S/C14H11BrFNO3/c1-9-3-2-4-13(14(9)16)20-11-5-6-12(17(18)19)10(7-11)8-15/h2-7H,8H2,1H3. The maximum atomic E-state index is 13.8. The number of rotatable bonds is 4. The second kappa shape index (κ2) is 6.00. The predicted molar refractivity (Wildman–Crippen MR) is 76.9 cm³/mol. The molecular formula is C14H11BrFNO3. The summed E-state index contributed by atoms with van der Waals surface area (Å²) in [6, 6.07) is 9.16. The molecule has 2 rings (SSSR count). The predicted octanol–water partition coefficient (Wildman–Crippen LogP) is 4.73. The molecule has 2 aromatic rings. The number of alkyl halides is 1. The Labute approximate surface area is 123 Å². The van der Waals surface area contributed by atoms with Crippen molar-refractivity contribution in [1.29, 1.82) is 0 Å². The van der Waals surface area contributed by atoms with Crippen LogP contribution < -0.4 is 4.74 Å². The summed E-state index contributed by atoms with van der Waals surface area (Å²) in [4.78, 5) is 10.4. The molecule has 0 radical (unpaired) electrons. The Bertz CT molecular complexity index is 661. The normalized spacial score (nSPS) is 10.3. The summed E-state index contributed by atoms with van der Waals surface area (Å²) in [5.74, 6) is 0.0140. The smallest absolute Gasteiger partial charge is 0.273 e. The highest BCUT2D eigenvalue weighted by atomic mass is 79.9. The fourth-order valence-electron chi connectivity index (χ4n) is 1.74. The van der Waals surface area contributed by atoms with Gasteiger partial charge in [0.15, 0.2) is 11.6 Å². The third kappa shape index (κ3) is 2.96. The monoisotopic (exact) mass is 339 g/mol. The summed E-state index contributed by atoms with van der Waals surface area (Å²) in [6.45, 7) is 1.64. The summed E-state index contributed by atoms with van der Waals surface area (Å²) in [7, 11) is 0. The first kappa shape index (κ1) is 14.5. The maximum Gasteiger partial charge on any atom is 0.273 e. The average molecular weight is 340 g/mol. The number of nitro groups is 1. The Kier molecular flexibility index (Phi) is 4.34. The second-order valence-corrected chi connectivity index (χ2v) is 4.73. The first-order chi connectivity index (χ1) is 9.52. The number of nitrogens with zero attached hydrogens (tertiary/aromatic N) is 1. The Morgan fingerprint density at radius 3 is 2.75 bits per heavy atom. The molecule has 0 aliphatic heterocycles. The summed E-state index contributed by atoms with van der Waals surface area (Å²) >= 11 is 3.19. The van der Waals surface area contributed by atoms with Crippen molar-refractivity contribution in [1.82, 2.24) is 0 Å². The van der Waals surface area contributed by atoms with Gasteiger partial charge in [0.2, 0.25) is 0 Å². The molecule has 0 saturated carbocycles. The van der Waals surface area contributed by atoms with Gasteiger partial charge in [0.25, 0.3) is 5.69 Å². The summed E-state index contributed by atoms with van der Waals surface area (Å²) in [5.41, 5.74) is 0.949. The van der Waals surface area contributed by atoms with Gasteiger partial charge >= 0.3 is 0 Å². The average Bonchev–Trinajstić information content (AvgIpc) is 2.43. The highest BCUT2D eigenvalue weighted by molar-refractivity contribution is 9.08. The van der Waals surface area contributed by atoms with E-state index in [0.29, 0.717) is 22.2 Å². The minimum Gasteiger partial charge on any atom is -0.454 e. The number of hydrogen-bond acceptors (Lipinski definition) is 3. The minimum absolute atomic E-state index is 0.000982. The first-order valence-electron chi connectivity index (χ1n) is 5.79. The van der Waals surface area contributed by atoms with E-state index in [9.17, 15) is 14.5 Å². The van der Waals surface area contributed by atoms with E-state index in [1.54, 1.807) is 19.1 Å². The van der Waals surface area contributed by atoms with Crippen molar-refractivity contribution in [2.24, 2.45) is 0 Å². The van der Waals surface area contributed by atoms with E-state index in [1.165, 1.54) is 24.3 Å². The van der Waals surface area contributed by atoms with Gasteiger partial charge in [-0.25, -0.2) is 4.39 Å². The largest absolute Gasteiger partial charge is 0.454 e. The van der Waals surface area contributed by atoms with Gasteiger partial charge in [-0.1, -0.05) is 28.1 Å². The Morgan fingerprint density at radius 2 is 2.10 bits per heavy atom. The van der Waals surface area contributed by atoms with Crippen LogP contribution in [0.1, 0.15) is 11.1 Å². The van der Waals surface area contributed by atoms with Crippen LogP contribution in [0.25, 0.3) is 0 Å². The zero-order valence-electron chi connectivity index (χ0n) is 10.6. The Hall–Kier alpha value is -1.95. The third-order valence-electron chi connectivity index (χ3n) is 2.78. The third-order valence-corrected chi connectivity index (χ3v) is 3.38. The van der Waals surface area contributed by atoms with Crippen LogP contribution in [-0.2, 0) is 5.33 Å². The summed E-state index contributed by atoms with van der Waals surface area (Å²) < 4.78 is 19.3. The molecule has 0 atom stereocenters. The van der Waals surface area contributed by atoms with E-state index in [1.807, 2.05) is 0 Å². The van der Waals surface area contributed by atoms with Gasteiger partial charge in [-0.15, -0.1) is 0 Å². The van der Waals surface area contributed by atoms with Gasteiger partial charge in [-0.2, -0.15) is 0 Å². The van der Waals surface area contributed by atoms with Crippen LogP contribution in [0.2, 0.25) is 0 Å². The van der Waals surface area contributed by atoms with Crippen molar-refractivity contribution in [2.75, 3.05) is 0 Å². The summed E-state index contributed by atoms with van der Waals surface area (Å²) in [5, 5.41) is 11.1. The van der Waals surface area contributed by atoms with Crippen LogP contribution in [0, 0.1) is 22.9 Å². The number of nitro benzene ring substituents is 1. The van der Waals surface area contributed by atoms with Crippen molar-refractivity contribution >= 4 is 21.6 Å². The molecule has 104 valence electrons. The van der Waals surface area contributed by atoms with Crippen LogP contribution in [-0.4, -0.2) is 4.92 Å². The van der Waals surface area contributed by atoms with Crippen LogP contribution in [0.5, 0.6) is 11.5 Å². The molecule has 2 aromatic carbocycles. The lowest BCUT2D eigenvalue weighted by molar-refractivity contribution is -0.385. The molecule has 0 unspecified atom stereocenters. The minimum atomic E-state index is -0.465. The van der Waals surface area contributed by atoms with Gasteiger partial charge in [-0.05, 0) is 30.7 Å².